The van der Waals surface area contributed by atoms with Crippen LogP contribution < -0.4 is 0 Å². The van der Waals surface area contributed by atoms with E-state index in [0.717, 1.165) is 0 Å². The topological polar surface area (TPSA) is 40.5 Å². The maximum atomic E-state index is 11.2. The van der Waals surface area contributed by atoms with Gasteiger partial charge < -0.3 is 10.2 Å². The zero-order chi connectivity index (χ0) is 16.8. The zero-order valence-corrected chi connectivity index (χ0v) is 15.4. The molecular formula is C16H18Cl4O2. The van der Waals surface area contributed by atoms with E-state index in [-0.39, 0.29) is 12.8 Å². The molecule has 0 bridgehead atoms. The molecule has 2 nitrogen and oxygen atoms in total. The molecule has 2 unspecified atom stereocenters. The monoisotopic (exact) mass is 382 g/mol. The summed E-state index contributed by atoms with van der Waals surface area (Å²) in [5, 5.41) is 24.0. The molecule has 0 amide bonds. The highest BCUT2D eigenvalue weighted by Gasteiger charge is 2.57. The molecule has 0 aliphatic heterocycles. The third-order valence-corrected chi connectivity index (χ3v) is 5.76. The first-order chi connectivity index (χ1) is 10.1. The van der Waals surface area contributed by atoms with Gasteiger partial charge in [-0.3, -0.25) is 0 Å². The molecule has 0 heterocycles. The van der Waals surface area contributed by atoms with Crippen molar-refractivity contribution in [2.45, 2.75) is 44.3 Å². The lowest BCUT2D eigenvalue weighted by Gasteiger charge is -2.53. The van der Waals surface area contributed by atoms with Crippen LogP contribution in [0.1, 0.15) is 33.1 Å². The minimum absolute atomic E-state index is 0.171. The fourth-order valence-corrected chi connectivity index (χ4v) is 4.63. The first-order valence-corrected chi connectivity index (χ1v) is 8.50. The van der Waals surface area contributed by atoms with Crippen LogP contribution in [0.5, 0.6) is 0 Å². The summed E-state index contributed by atoms with van der Waals surface area (Å²) in [6.07, 6.45) is 7.07. The largest absolute Gasteiger partial charge is 0.385 e. The highest BCUT2D eigenvalue weighted by Crippen LogP contribution is 2.54. The molecule has 0 spiro atoms. The molecule has 0 aromatic carbocycles. The molecule has 0 fully saturated rings. The van der Waals surface area contributed by atoms with E-state index in [4.69, 9.17) is 46.4 Å². The van der Waals surface area contributed by atoms with Crippen LogP contribution in [0.2, 0.25) is 0 Å². The van der Waals surface area contributed by atoms with Gasteiger partial charge in [0, 0.05) is 38.4 Å². The van der Waals surface area contributed by atoms with Crippen LogP contribution in [0.3, 0.4) is 0 Å². The quantitative estimate of drug-likeness (QED) is 0.706. The summed E-state index contributed by atoms with van der Waals surface area (Å²) >= 11 is 24.4. The van der Waals surface area contributed by atoms with Crippen molar-refractivity contribution in [1.29, 1.82) is 0 Å². The molecule has 0 aromatic rings. The van der Waals surface area contributed by atoms with Crippen molar-refractivity contribution in [3.05, 3.63) is 44.4 Å². The van der Waals surface area contributed by atoms with Crippen LogP contribution in [0, 0.1) is 5.41 Å². The summed E-state index contributed by atoms with van der Waals surface area (Å²) in [7, 11) is 0. The Labute approximate surface area is 150 Å². The lowest BCUT2D eigenvalue weighted by atomic mass is 9.57. The van der Waals surface area contributed by atoms with E-state index in [1.807, 2.05) is 6.92 Å². The fraction of sp³-hybridized carbons (Fsp3) is 0.500. The molecule has 0 saturated carbocycles. The number of halogens is 4. The first kappa shape index (κ1) is 18.4. The van der Waals surface area contributed by atoms with Crippen LogP contribution in [0.25, 0.3) is 0 Å². The summed E-state index contributed by atoms with van der Waals surface area (Å²) in [6, 6.07) is 0. The summed E-state index contributed by atoms with van der Waals surface area (Å²) < 4.78 is 0. The second kappa shape index (κ2) is 6.16. The second-order valence-electron chi connectivity index (χ2n) is 6.13. The Morgan fingerprint density at radius 3 is 1.59 bits per heavy atom. The summed E-state index contributed by atoms with van der Waals surface area (Å²) in [5.41, 5.74) is -3.81. The summed E-state index contributed by atoms with van der Waals surface area (Å²) in [4.78, 5) is 0. The van der Waals surface area contributed by atoms with Gasteiger partial charge in [-0.05, 0) is 30.7 Å². The number of aliphatic hydroxyl groups is 2. The van der Waals surface area contributed by atoms with Gasteiger partial charge in [-0.25, -0.2) is 0 Å². The van der Waals surface area contributed by atoms with Gasteiger partial charge in [-0.15, -0.1) is 0 Å². The lowest BCUT2D eigenvalue weighted by molar-refractivity contribution is -0.146. The number of rotatable bonds is 3. The normalized spacial score (nSPS) is 35.1. The van der Waals surface area contributed by atoms with Crippen molar-refractivity contribution >= 4 is 46.4 Å². The molecule has 2 N–H and O–H groups in total. The standard InChI is InChI=1S/C16H18Cl4O2/c1-3-14(2,15(21)6-10(17)4-11(18)7-15)16(22)8-12(19)5-13(20)9-16/h4-6,8,21-22H,3,7,9H2,1-2H3. The molecule has 0 radical (unpaired) electrons. The predicted octanol–water partition coefficient (Wildman–Crippen LogP) is 5.16. The maximum absolute atomic E-state index is 11.2. The van der Waals surface area contributed by atoms with E-state index >= 15 is 0 Å². The number of hydrogen-bond donors (Lipinski definition) is 2. The first-order valence-electron chi connectivity index (χ1n) is 6.99. The molecule has 2 atom stereocenters. The van der Waals surface area contributed by atoms with Crippen LogP contribution >= 0.6 is 46.4 Å². The fourth-order valence-electron chi connectivity index (χ4n) is 3.25. The number of allylic oxidation sites excluding steroid dienone is 4. The summed E-state index contributed by atoms with van der Waals surface area (Å²) in [5.74, 6) is 0. The van der Waals surface area contributed by atoms with Gasteiger partial charge in [0.2, 0.25) is 0 Å². The van der Waals surface area contributed by atoms with Crippen LogP contribution in [0.15, 0.2) is 44.4 Å². The van der Waals surface area contributed by atoms with E-state index in [2.05, 4.69) is 0 Å². The Bertz CT molecular complexity index is 557. The Kier molecular flexibility index (Phi) is 5.15. The molecule has 0 saturated heterocycles. The molecule has 2 rings (SSSR count). The highest BCUT2D eigenvalue weighted by atomic mass is 35.5. The van der Waals surface area contributed by atoms with E-state index < -0.39 is 16.6 Å². The van der Waals surface area contributed by atoms with Crippen molar-refractivity contribution in [3.8, 4) is 0 Å². The average Bonchev–Trinajstić information content (AvgIpc) is 2.33. The lowest BCUT2D eigenvalue weighted by Crippen LogP contribution is -2.59. The van der Waals surface area contributed by atoms with Crippen molar-refractivity contribution in [2.75, 3.05) is 0 Å². The maximum Gasteiger partial charge on any atom is 0.0977 e. The van der Waals surface area contributed by atoms with Crippen LogP contribution in [-0.2, 0) is 0 Å². The van der Waals surface area contributed by atoms with Crippen LogP contribution in [0.4, 0.5) is 0 Å². The van der Waals surface area contributed by atoms with E-state index in [1.54, 1.807) is 19.1 Å². The van der Waals surface area contributed by atoms with Gasteiger partial charge in [-0.2, -0.15) is 0 Å². The molecule has 6 heteroatoms. The molecule has 2 aliphatic carbocycles. The minimum Gasteiger partial charge on any atom is -0.385 e. The Hall–Kier alpha value is 0.0400. The van der Waals surface area contributed by atoms with Crippen molar-refractivity contribution in [3.63, 3.8) is 0 Å². The highest BCUT2D eigenvalue weighted by molar-refractivity contribution is 6.35. The van der Waals surface area contributed by atoms with Crippen molar-refractivity contribution < 1.29 is 10.2 Å². The molecule has 22 heavy (non-hydrogen) atoms. The molecule has 122 valence electrons. The van der Waals surface area contributed by atoms with Gasteiger partial charge in [0.15, 0.2) is 0 Å². The van der Waals surface area contributed by atoms with Gasteiger partial charge in [0.1, 0.15) is 0 Å². The Morgan fingerprint density at radius 1 is 0.955 bits per heavy atom. The SMILES string of the molecule is CCC(C)(C1(O)C=C(Cl)C=C(Cl)C1)C1(O)C=C(Cl)C=C(Cl)C1. The third-order valence-electron chi connectivity index (χ3n) is 4.84. The predicted molar refractivity (Wildman–Crippen MR) is 93.3 cm³/mol. The van der Waals surface area contributed by atoms with Gasteiger partial charge in [0.25, 0.3) is 0 Å². The summed E-state index contributed by atoms with van der Waals surface area (Å²) in [6.45, 7) is 3.68. The molecule has 0 aromatic heterocycles. The third kappa shape index (κ3) is 3.02. The van der Waals surface area contributed by atoms with E-state index in [0.29, 0.717) is 26.5 Å². The number of hydrogen-bond acceptors (Lipinski definition) is 2. The van der Waals surface area contributed by atoms with Gasteiger partial charge in [0.05, 0.1) is 11.2 Å². The second-order valence-corrected chi connectivity index (χ2v) is 7.97. The average molecular weight is 384 g/mol. The van der Waals surface area contributed by atoms with Crippen molar-refractivity contribution in [1.82, 2.24) is 0 Å². The van der Waals surface area contributed by atoms with E-state index in [1.165, 1.54) is 12.2 Å². The molecular weight excluding hydrogens is 366 g/mol. The Balaban J connectivity index is 2.54. The molecule has 2 aliphatic rings. The van der Waals surface area contributed by atoms with Crippen molar-refractivity contribution in [2.24, 2.45) is 5.41 Å². The zero-order valence-electron chi connectivity index (χ0n) is 12.3. The van der Waals surface area contributed by atoms with Crippen LogP contribution in [-0.4, -0.2) is 21.4 Å². The van der Waals surface area contributed by atoms with E-state index in [9.17, 15) is 10.2 Å². The van der Waals surface area contributed by atoms with Gasteiger partial charge in [-0.1, -0.05) is 60.3 Å². The Morgan fingerprint density at radius 2 is 1.32 bits per heavy atom. The smallest absolute Gasteiger partial charge is 0.0977 e. The minimum atomic E-state index is -1.42. The van der Waals surface area contributed by atoms with Gasteiger partial charge >= 0.3 is 0 Å².